The number of nitrogens with zero attached hydrogens (tertiary/aromatic N) is 2. The third-order valence-corrected chi connectivity index (χ3v) is 2.55. The highest BCUT2D eigenvalue weighted by Gasteiger charge is 2.09. The number of aromatic nitrogens is 1. The maximum absolute atomic E-state index is 4.26. The van der Waals surface area contributed by atoms with Gasteiger partial charge in [0.05, 0.1) is 12.2 Å². The molecule has 4 heteroatoms. The van der Waals surface area contributed by atoms with Crippen LogP contribution in [0, 0.1) is 5.41 Å². The first kappa shape index (κ1) is 14.5. The molecule has 1 rings (SSSR count). The maximum atomic E-state index is 4.26. The van der Waals surface area contributed by atoms with E-state index >= 15 is 0 Å². The highest BCUT2D eigenvalue weighted by atomic mass is 15.2. The molecule has 2 N–H and O–H groups in total. The zero-order chi connectivity index (χ0) is 13.4. The summed E-state index contributed by atoms with van der Waals surface area (Å²) in [6.45, 7) is 8.32. The van der Waals surface area contributed by atoms with Gasteiger partial charge in [0, 0.05) is 19.8 Å². The standard InChI is InChI=1S/C14H24N4/c1-14(2,3)8-10-17-13(15-4)18-11-12-7-5-6-9-16-12/h5-7,9H,8,10-11H2,1-4H3,(H2,15,17,18). The molecule has 0 spiro atoms. The first-order valence-corrected chi connectivity index (χ1v) is 6.36. The summed E-state index contributed by atoms with van der Waals surface area (Å²) in [7, 11) is 1.78. The Morgan fingerprint density at radius 2 is 2.06 bits per heavy atom. The molecule has 1 aromatic heterocycles. The monoisotopic (exact) mass is 248 g/mol. The first-order chi connectivity index (χ1) is 8.51. The lowest BCUT2D eigenvalue weighted by Crippen LogP contribution is -2.38. The van der Waals surface area contributed by atoms with Crippen molar-refractivity contribution in [2.24, 2.45) is 10.4 Å². The van der Waals surface area contributed by atoms with Gasteiger partial charge in [0.15, 0.2) is 5.96 Å². The third-order valence-electron chi connectivity index (χ3n) is 2.55. The Morgan fingerprint density at radius 3 is 2.61 bits per heavy atom. The van der Waals surface area contributed by atoms with E-state index in [1.165, 1.54) is 0 Å². The zero-order valence-electron chi connectivity index (χ0n) is 11.8. The van der Waals surface area contributed by atoms with Crippen molar-refractivity contribution in [2.45, 2.75) is 33.7 Å². The van der Waals surface area contributed by atoms with Gasteiger partial charge < -0.3 is 10.6 Å². The van der Waals surface area contributed by atoms with Gasteiger partial charge in [-0.05, 0) is 24.0 Å². The summed E-state index contributed by atoms with van der Waals surface area (Å²) < 4.78 is 0. The van der Waals surface area contributed by atoms with Crippen molar-refractivity contribution in [1.82, 2.24) is 15.6 Å². The molecule has 1 aromatic rings. The lowest BCUT2D eigenvalue weighted by atomic mass is 9.92. The second-order valence-electron chi connectivity index (χ2n) is 5.48. The molecule has 0 aromatic carbocycles. The van der Waals surface area contributed by atoms with Crippen molar-refractivity contribution in [1.29, 1.82) is 0 Å². The van der Waals surface area contributed by atoms with Gasteiger partial charge in [-0.1, -0.05) is 26.8 Å². The Bertz CT molecular complexity index is 365. The fraction of sp³-hybridized carbons (Fsp3) is 0.571. The van der Waals surface area contributed by atoms with Crippen LogP contribution in [-0.4, -0.2) is 24.5 Å². The Kier molecular flexibility index (Phi) is 5.62. The molecule has 0 saturated heterocycles. The van der Waals surface area contributed by atoms with Gasteiger partial charge in [-0.15, -0.1) is 0 Å². The summed E-state index contributed by atoms with van der Waals surface area (Å²) in [6.07, 6.45) is 2.91. The fourth-order valence-electron chi connectivity index (χ4n) is 1.45. The van der Waals surface area contributed by atoms with E-state index in [4.69, 9.17) is 0 Å². The molecular weight excluding hydrogens is 224 g/mol. The minimum absolute atomic E-state index is 0.340. The number of nitrogens with one attached hydrogen (secondary N) is 2. The number of pyridine rings is 1. The van der Waals surface area contributed by atoms with Gasteiger partial charge in [-0.2, -0.15) is 0 Å². The minimum Gasteiger partial charge on any atom is -0.356 e. The average molecular weight is 248 g/mol. The summed E-state index contributed by atoms with van der Waals surface area (Å²) in [5.74, 6) is 0.824. The van der Waals surface area contributed by atoms with Crippen molar-refractivity contribution in [2.75, 3.05) is 13.6 Å². The van der Waals surface area contributed by atoms with E-state index in [1.807, 2.05) is 18.2 Å². The summed E-state index contributed by atoms with van der Waals surface area (Å²) in [5, 5.41) is 6.56. The smallest absolute Gasteiger partial charge is 0.191 e. The number of guanidine groups is 1. The van der Waals surface area contributed by atoms with E-state index in [2.05, 4.69) is 41.4 Å². The molecule has 0 saturated carbocycles. The summed E-state index contributed by atoms with van der Waals surface area (Å²) in [6, 6.07) is 5.90. The second kappa shape index (κ2) is 6.99. The molecule has 0 atom stereocenters. The molecule has 100 valence electrons. The van der Waals surface area contributed by atoms with E-state index in [0.29, 0.717) is 12.0 Å². The molecule has 0 radical (unpaired) electrons. The van der Waals surface area contributed by atoms with Gasteiger partial charge >= 0.3 is 0 Å². The van der Waals surface area contributed by atoms with E-state index in [1.54, 1.807) is 13.2 Å². The highest BCUT2D eigenvalue weighted by Crippen LogP contribution is 2.16. The molecule has 1 heterocycles. The Hall–Kier alpha value is -1.58. The molecule has 0 aliphatic rings. The normalized spacial score (nSPS) is 12.3. The summed E-state index contributed by atoms with van der Waals surface area (Å²) >= 11 is 0. The number of aliphatic imine (C=N–C) groups is 1. The van der Waals surface area contributed by atoms with Gasteiger partial charge in [0.2, 0.25) is 0 Å². The predicted molar refractivity (Wildman–Crippen MR) is 76.5 cm³/mol. The van der Waals surface area contributed by atoms with Crippen molar-refractivity contribution in [3.8, 4) is 0 Å². The predicted octanol–water partition coefficient (Wildman–Crippen LogP) is 2.18. The van der Waals surface area contributed by atoms with E-state index < -0.39 is 0 Å². The highest BCUT2D eigenvalue weighted by molar-refractivity contribution is 5.79. The number of hydrogen-bond acceptors (Lipinski definition) is 2. The molecular formula is C14H24N4. The SMILES string of the molecule is CN=C(NCCC(C)(C)C)NCc1ccccn1. The topological polar surface area (TPSA) is 49.3 Å². The van der Waals surface area contributed by atoms with Crippen LogP contribution in [0.2, 0.25) is 0 Å². The van der Waals surface area contributed by atoms with Crippen LogP contribution in [0.4, 0.5) is 0 Å². The van der Waals surface area contributed by atoms with Crippen LogP contribution in [0.25, 0.3) is 0 Å². The van der Waals surface area contributed by atoms with E-state index in [0.717, 1.165) is 24.6 Å². The van der Waals surface area contributed by atoms with Crippen molar-refractivity contribution in [3.63, 3.8) is 0 Å². The molecule has 18 heavy (non-hydrogen) atoms. The van der Waals surface area contributed by atoms with Crippen LogP contribution < -0.4 is 10.6 Å². The van der Waals surface area contributed by atoms with Crippen LogP contribution >= 0.6 is 0 Å². The molecule has 0 aliphatic heterocycles. The third kappa shape index (κ3) is 6.23. The number of hydrogen-bond donors (Lipinski definition) is 2. The Morgan fingerprint density at radius 1 is 1.28 bits per heavy atom. The second-order valence-corrected chi connectivity index (χ2v) is 5.48. The largest absolute Gasteiger partial charge is 0.356 e. The molecule has 0 unspecified atom stereocenters. The summed E-state index contributed by atoms with van der Waals surface area (Å²) in [5.41, 5.74) is 1.35. The van der Waals surface area contributed by atoms with E-state index in [9.17, 15) is 0 Å². The lowest BCUT2D eigenvalue weighted by Gasteiger charge is -2.19. The van der Waals surface area contributed by atoms with Crippen LogP contribution in [0.3, 0.4) is 0 Å². The van der Waals surface area contributed by atoms with Crippen LogP contribution in [-0.2, 0) is 6.54 Å². The van der Waals surface area contributed by atoms with Crippen LogP contribution in [0.15, 0.2) is 29.4 Å². The lowest BCUT2D eigenvalue weighted by molar-refractivity contribution is 0.377. The molecule has 0 amide bonds. The van der Waals surface area contributed by atoms with Gasteiger partial charge in [-0.25, -0.2) is 0 Å². The fourth-order valence-corrected chi connectivity index (χ4v) is 1.45. The van der Waals surface area contributed by atoms with Gasteiger partial charge in [0.25, 0.3) is 0 Å². The Labute approximate surface area is 110 Å². The Balaban J connectivity index is 2.31. The quantitative estimate of drug-likeness (QED) is 0.634. The molecule has 0 aliphatic carbocycles. The maximum Gasteiger partial charge on any atom is 0.191 e. The van der Waals surface area contributed by atoms with Crippen LogP contribution in [0.5, 0.6) is 0 Å². The first-order valence-electron chi connectivity index (χ1n) is 6.36. The zero-order valence-corrected chi connectivity index (χ0v) is 11.8. The average Bonchev–Trinajstić information content (AvgIpc) is 2.33. The molecule has 0 fully saturated rings. The van der Waals surface area contributed by atoms with E-state index in [-0.39, 0.29) is 0 Å². The van der Waals surface area contributed by atoms with Crippen molar-refractivity contribution in [3.05, 3.63) is 30.1 Å². The molecule has 0 bridgehead atoms. The van der Waals surface area contributed by atoms with Gasteiger partial charge in [0.1, 0.15) is 0 Å². The van der Waals surface area contributed by atoms with Gasteiger partial charge in [-0.3, -0.25) is 9.98 Å². The van der Waals surface area contributed by atoms with Crippen molar-refractivity contribution >= 4 is 5.96 Å². The summed E-state index contributed by atoms with van der Waals surface area (Å²) in [4.78, 5) is 8.45. The molecule has 4 nitrogen and oxygen atoms in total. The minimum atomic E-state index is 0.340. The van der Waals surface area contributed by atoms with Crippen molar-refractivity contribution < 1.29 is 0 Å². The number of rotatable bonds is 4. The van der Waals surface area contributed by atoms with Crippen LogP contribution in [0.1, 0.15) is 32.9 Å².